The molecule has 1 aliphatic heterocycles. The summed E-state index contributed by atoms with van der Waals surface area (Å²) >= 11 is 1.73. The first kappa shape index (κ1) is 13.6. The van der Waals surface area contributed by atoms with E-state index in [0.29, 0.717) is 5.92 Å². The number of thiophene rings is 1. The van der Waals surface area contributed by atoms with Crippen molar-refractivity contribution in [1.29, 1.82) is 0 Å². The van der Waals surface area contributed by atoms with Gasteiger partial charge in [-0.15, -0.1) is 21.5 Å². The van der Waals surface area contributed by atoms with Crippen LogP contribution in [0, 0.1) is 19.8 Å². The third-order valence-electron chi connectivity index (χ3n) is 4.45. The van der Waals surface area contributed by atoms with E-state index < -0.39 is 0 Å². The molecular weight excluding hydrogens is 296 g/mol. The number of anilines is 1. The molecule has 4 rings (SSSR count). The standard InChI is InChI=1S/C15H18N6S/c1-9-10(2)22-15-13(9)14(17-7-18-15)16-5-11-3-4-12-20-19-8-21(12)6-11/h7-8,11H,3-6H2,1-2H3,(H,16,17,18)/t11-/m1/s1. The van der Waals surface area contributed by atoms with Gasteiger partial charge in [0.2, 0.25) is 0 Å². The Kier molecular flexibility index (Phi) is 3.29. The quantitative estimate of drug-likeness (QED) is 0.804. The maximum absolute atomic E-state index is 4.45. The molecule has 0 bridgehead atoms. The van der Waals surface area contributed by atoms with E-state index in [1.807, 2.05) is 6.33 Å². The second-order valence-electron chi connectivity index (χ2n) is 5.87. The molecule has 0 saturated heterocycles. The lowest BCUT2D eigenvalue weighted by Gasteiger charge is -2.23. The number of rotatable bonds is 3. The van der Waals surface area contributed by atoms with Crippen molar-refractivity contribution in [1.82, 2.24) is 24.7 Å². The van der Waals surface area contributed by atoms with Crippen molar-refractivity contribution in [3.63, 3.8) is 0 Å². The second kappa shape index (κ2) is 5.31. The van der Waals surface area contributed by atoms with Crippen molar-refractivity contribution in [2.24, 2.45) is 5.92 Å². The number of aromatic nitrogens is 5. The molecule has 0 amide bonds. The van der Waals surface area contributed by atoms with Crippen LogP contribution in [0.4, 0.5) is 5.82 Å². The van der Waals surface area contributed by atoms with Crippen LogP contribution in [0.5, 0.6) is 0 Å². The van der Waals surface area contributed by atoms with Gasteiger partial charge >= 0.3 is 0 Å². The number of nitrogens with one attached hydrogen (secondary N) is 1. The summed E-state index contributed by atoms with van der Waals surface area (Å²) in [5, 5.41) is 12.8. The molecule has 4 heterocycles. The lowest BCUT2D eigenvalue weighted by atomic mass is 9.99. The first-order valence-corrected chi connectivity index (χ1v) is 8.35. The van der Waals surface area contributed by atoms with Gasteiger partial charge in [0.1, 0.15) is 29.1 Å². The normalized spacial score (nSPS) is 17.6. The first-order chi connectivity index (χ1) is 10.7. The van der Waals surface area contributed by atoms with E-state index in [0.717, 1.165) is 42.4 Å². The molecule has 0 aliphatic carbocycles. The Labute approximate surface area is 132 Å². The van der Waals surface area contributed by atoms with Crippen LogP contribution in [0.25, 0.3) is 10.2 Å². The minimum atomic E-state index is 0.577. The Morgan fingerprint density at radius 2 is 2.27 bits per heavy atom. The van der Waals surface area contributed by atoms with Crippen LogP contribution in [-0.2, 0) is 13.0 Å². The molecular formula is C15H18N6S. The molecule has 0 spiro atoms. The summed E-state index contributed by atoms with van der Waals surface area (Å²) in [5.41, 5.74) is 1.29. The summed E-state index contributed by atoms with van der Waals surface area (Å²) in [5.74, 6) is 2.64. The van der Waals surface area contributed by atoms with Crippen molar-refractivity contribution in [3.8, 4) is 0 Å². The van der Waals surface area contributed by atoms with Crippen molar-refractivity contribution >= 4 is 27.4 Å². The maximum Gasteiger partial charge on any atom is 0.138 e. The van der Waals surface area contributed by atoms with Crippen LogP contribution < -0.4 is 5.32 Å². The minimum Gasteiger partial charge on any atom is -0.369 e. The number of hydrogen-bond donors (Lipinski definition) is 1. The molecule has 22 heavy (non-hydrogen) atoms. The van der Waals surface area contributed by atoms with Crippen LogP contribution in [0.1, 0.15) is 22.7 Å². The summed E-state index contributed by atoms with van der Waals surface area (Å²) in [6.45, 7) is 6.18. The fraction of sp³-hybridized carbons (Fsp3) is 0.467. The van der Waals surface area contributed by atoms with Crippen LogP contribution in [0.15, 0.2) is 12.7 Å². The zero-order chi connectivity index (χ0) is 15.1. The summed E-state index contributed by atoms with van der Waals surface area (Å²) in [7, 11) is 0. The SMILES string of the molecule is Cc1sc2ncnc(NC[C@H]3CCc4nncn4C3)c2c1C. The van der Waals surface area contributed by atoms with E-state index in [4.69, 9.17) is 0 Å². The Balaban J connectivity index is 1.53. The molecule has 1 atom stereocenters. The molecule has 0 saturated carbocycles. The van der Waals surface area contributed by atoms with E-state index in [1.54, 1.807) is 17.7 Å². The molecule has 0 aromatic carbocycles. The van der Waals surface area contributed by atoms with Gasteiger partial charge in [-0.1, -0.05) is 0 Å². The molecule has 0 fully saturated rings. The smallest absolute Gasteiger partial charge is 0.138 e. The van der Waals surface area contributed by atoms with E-state index in [2.05, 4.69) is 43.9 Å². The lowest BCUT2D eigenvalue weighted by Crippen LogP contribution is -2.26. The Morgan fingerprint density at radius 3 is 3.18 bits per heavy atom. The van der Waals surface area contributed by atoms with Gasteiger partial charge in [0, 0.05) is 24.4 Å². The Morgan fingerprint density at radius 1 is 1.36 bits per heavy atom. The van der Waals surface area contributed by atoms with Gasteiger partial charge in [0.05, 0.1) is 5.39 Å². The highest BCUT2D eigenvalue weighted by atomic mass is 32.1. The third-order valence-corrected chi connectivity index (χ3v) is 5.57. The average molecular weight is 314 g/mol. The molecule has 6 nitrogen and oxygen atoms in total. The van der Waals surface area contributed by atoms with Gasteiger partial charge in [0.15, 0.2) is 0 Å². The van der Waals surface area contributed by atoms with Crippen LogP contribution in [-0.4, -0.2) is 31.3 Å². The van der Waals surface area contributed by atoms with Crippen molar-refractivity contribution in [2.45, 2.75) is 33.2 Å². The Hall–Kier alpha value is -2.02. The summed E-state index contributed by atoms with van der Waals surface area (Å²) in [6, 6.07) is 0. The highest BCUT2D eigenvalue weighted by Gasteiger charge is 2.20. The Bertz CT molecular complexity index is 821. The number of hydrogen-bond acceptors (Lipinski definition) is 6. The molecule has 7 heteroatoms. The highest BCUT2D eigenvalue weighted by molar-refractivity contribution is 7.18. The summed E-state index contributed by atoms with van der Waals surface area (Å²) in [6.07, 6.45) is 5.62. The van der Waals surface area contributed by atoms with Gasteiger partial charge < -0.3 is 9.88 Å². The second-order valence-corrected chi connectivity index (χ2v) is 7.07. The highest BCUT2D eigenvalue weighted by Crippen LogP contribution is 2.32. The van der Waals surface area contributed by atoms with Gasteiger partial charge in [0.25, 0.3) is 0 Å². The molecule has 3 aromatic rings. The van der Waals surface area contributed by atoms with Gasteiger partial charge in [-0.05, 0) is 31.7 Å². The predicted molar refractivity (Wildman–Crippen MR) is 87.2 cm³/mol. The van der Waals surface area contributed by atoms with Gasteiger partial charge in [-0.25, -0.2) is 9.97 Å². The summed E-state index contributed by atoms with van der Waals surface area (Å²) in [4.78, 5) is 11.2. The first-order valence-electron chi connectivity index (χ1n) is 7.53. The number of nitrogens with zero attached hydrogens (tertiary/aromatic N) is 5. The topological polar surface area (TPSA) is 68.5 Å². The zero-order valence-corrected chi connectivity index (χ0v) is 13.5. The lowest BCUT2D eigenvalue weighted by molar-refractivity contribution is 0.381. The minimum absolute atomic E-state index is 0.577. The van der Waals surface area contributed by atoms with E-state index in [-0.39, 0.29) is 0 Å². The van der Waals surface area contributed by atoms with Crippen LogP contribution in [0.3, 0.4) is 0 Å². The average Bonchev–Trinajstić information content (AvgIpc) is 3.10. The molecule has 0 unspecified atom stereocenters. The zero-order valence-electron chi connectivity index (χ0n) is 12.7. The van der Waals surface area contributed by atoms with E-state index >= 15 is 0 Å². The molecule has 0 radical (unpaired) electrons. The maximum atomic E-state index is 4.45. The third kappa shape index (κ3) is 2.25. The van der Waals surface area contributed by atoms with Gasteiger partial charge in [-0.3, -0.25) is 0 Å². The predicted octanol–water partition coefficient (Wildman–Crippen LogP) is 2.57. The van der Waals surface area contributed by atoms with Crippen molar-refractivity contribution in [2.75, 3.05) is 11.9 Å². The largest absolute Gasteiger partial charge is 0.369 e. The molecule has 3 aromatic heterocycles. The molecule has 114 valence electrons. The fourth-order valence-corrected chi connectivity index (χ4v) is 4.05. The van der Waals surface area contributed by atoms with Crippen molar-refractivity contribution in [3.05, 3.63) is 28.9 Å². The fourth-order valence-electron chi connectivity index (χ4n) is 3.05. The van der Waals surface area contributed by atoms with Crippen LogP contribution >= 0.6 is 11.3 Å². The molecule has 1 N–H and O–H groups in total. The van der Waals surface area contributed by atoms with Crippen LogP contribution in [0.2, 0.25) is 0 Å². The van der Waals surface area contributed by atoms with E-state index in [9.17, 15) is 0 Å². The number of aryl methyl sites for hydroxylation is 3. The van der Waals surface area contributed by atoms with Gasteiger partial charge in [-0.2, -0.15) is 0 Å². The number of fused-ring (bicyclic) bond motifs is 2. The molecule has 1 aliphatic rings. The monoisotopic (exact) mass is 314 g/mol. The van der Waals surface area contributed by atoms with Crippen molar-refractivity contribution < 1.29 is 0 Å². The van der Waals surface area contributed by atoms with E-state index in [1.165, 1.54) is 15.8 Å². The summed E-state index contributed by atoms with van der Waals surface area (Å²) < 4.78 is 2.16.